The first-order chi connectivity index (χ1) is 19.4. The minimum atomic E-state index is -1.01. The number of alkyl halides is 1. The highest BCUT2D eigenvalue weighted by Gasteiger charge is 2.63. The van der Waals surface area contributed by atoms with E-state index < -0.39 is 19.5 Å². The van der Waals surface area contributed by atoms with Crippen LogP contribution in [0.3, 0.4) is 0 Å². The largest absolute Gasteiger partial charge is 0.385 e. The van der Waals surface area contributed by atoms with Gasteiger partial charge in [0.2, 0.25) is 11.8 Å². The van der Waals surface area contributed by atoms with Gasteiger partial charge in [0, 0.05) is 53.3 Å². The highest BCUT2D eigenvalue weighted by molar-refractivity contribution is 6.77. The van der Waals surface area contributed by atoms with E-state index in [0.717, 1.165) is 16.7 Å². The van der Waals surface area contributed by atoms with Gasteiger partial charge in [-0.25, -0.2) is 0 Å². The maximum absolute atomic E-state index is 14.1. The molecule has 0 aliphatic carbocycles. The third-order valence-electron chi connectivity index (χ3n) is 8.53. The van der Waals surface area contributed by atoms with Crippen LogP contribution < -0.4 is 5.32 Å². The van der Waals surface area contributed by atoms with Crippen LogP contribution in [0.25, 0.3) is 0 Å². The zero-order chi connectivity index (χ0) is 30.5. The zero-order valence-corrected chi connectivity index (χ0v) is 28.5. The Bertz CT molecular complexity index is 1280. The molecule has 2 aliphatic rings. The fourth-order valence-electron chi connectivity index (χ4n) is 5.97. The third kappa shape index (κ3) is 6.88. The number of carbonyl (C=O) groups excluding carboxylic acids is 2. The molecule has 41 heavy (non-hydrogen) atoms. The van der Waals surface area contributed by atoms with Gasteiger partial charge in [0.25, 0.3) is 0 Å². The summed E-state index contributed by atoms with van der Waals surface area (Å²) in [5.41, 5.74) is 2.96. The van der Waals surface area contributed by atoms with Crippen LogP contribution in [0.4, 0.5) is 5.69 Å². The lowest BCUT2D eigenvalue weighted by atomic mass is 9.58. The van der Waals surface area contributed by atoms with Crippen LogP contribution in [0.5, 0.6) is 0 Å². The number of rotatable bonds is 8. The summed E-state index contributed by atoms with van der Waals surface area (Å²) in [5.74, 6) is -0.0452. The van der Waals surface area contributed by atoms with Crippen LogP contribution in [0, 0.1) is 0 Å². The first-order valence-electron chi connectivity index (χ1n) is 14.3. The van der Waals surface area contributed by atoms with Crippen LogP contribution in [0.1, 0.15) is 57.1 Å². The molecule has 0 aromatic heterocycles. The molecule has 0 bridgehead atoms. The summed E-state index contributed by atoms with van der Waals surface area (Å²) < 4.78 is 5.18. The second-order valence-electron chi connectivity index (χ2n) is 11.8. The van der Waals surface area contributed by atoms with E-state index in [9.17, 15) is 9.59 Å². The van der Waals surface area contributed by atoms with Crippen LogP contribution in [0.2, 0.25) is 29.7 Å². The molecule has 5 nitrogen and oxygen atoms in total. The Balaban J connectivity index is 0.000000507. The van der Waals surface area contributed by atoms with Gasteiger partial charge in [0.05, 0.1) is 14.1 Å². The van der Waals surface area contributed by atoms with Crippen molar-refractivity contribution in [2.75, 3.05) is 24.9 Å². The van der Waals surface area contributed by atoms with Crippen LogP contribution in [-0.4, -0.2) is 56.1 Å². The predicted molar refractivity (Wildman–Crippen MR) is 175 cm³/mol. The Morgan fingerprint density at radius 1 is 1.17 bits per heavy atom. The van der Waals surface area contributed by atoms with Crippen LogP contribution >= 0.6 is 34.8 Å². The fourth-order valence-corrected chi connectivity index (χ4v) is 7.17. The SMILES string of the molecule is CC=C(CC)[C@H]1N(CCCCl)C(=O)C[C@@H](c2cccc(Cl)c2)[C@]12C(=O)Nc1cc(Cl)ccc12.COC(C)[Si](C)(C)C. The lowest BCUT2D eigenvalue weighted by molar-refractivity contribution is -0.143. The third-order valence-corrected chi connectivity index (χ3v) is 11.9. The van der Waals surface area contributed by atoms with Gasteiger partial charge in [0.15, 0.2) is 0 Å². The summed E-state index contributed by atoms with van der Waals surface area (Å²) in [7, 11) is 0.798. The molecule has 224 valence electrons. The molecule has 1 N–H and O–H groups in total. The summed E-state index contributed by atoms with van der Waals surface area (Å²) in [5, 5.41) is 4.22. The highest BCUT2D eigenvalue weighted by Crippen LogP contribution is 2.57. The number of allylic oxidation sites excluding steroid dienone is 1. The molecule has 0 saturated carbocycles. The number of likely N-dealkylation sites (tertiary alicyclic amines) is 1. The number of methoxy groups -OCH3 is 1. The number of hydrogen-bond acceptors (Lipinski definition) is 3. The van der Waals surface area contributed by atoms with Crippen molar-refractivity contribution in [2.24, 2.45) is 0 Å². The van der Waals surface area contributed by atoms with Crippen molar-refractivity contribution in [3.63, 3.8) is 0 Å². The van der Waals surface area contributed by atoms with Gasteiger partial charge in [-0.2, -0.15) is 0 Å². The molecule has 2 aromatic rings. The molecule has 2 amide bonds. The van der Waals surface area contributed by atoms with Gasteiger partial charge in [0.1, 0.15) is 5.41 Å². The average Bonchev–Trinajstić information content (AvgIpc) is 3.20. The molecule has 2 heterocycles. The number of hydrogen-bond donors (Lipinski definition) is 1. The maximum Gasteiger partial charge on any atom is 0.238 e. The van der Waals surface area contributed by atoms with Crippen molar-refractivity contribution >= 4 is 60.4 Å². The number of benzene rings is 2. The monoisotopic (exact) mass is 636 g/mol. The van der Waals surface area contributed by atoms with E-state index in [1.807, 2.05) is 48.2 Å². The smallest absolute Gasteiger partial charge is 0.238 e. The van der Waals surface area contributed by atoms with E-state index in [4.69, 9.17) is 39.5 Å². The summed E-state index contributed by atoms with van der Waals surface area (Å²) in [6.07, 6.45) is 3.60. The number of nitrogens with one attached hydrogen (secondary N) is 1. The summed E-state index contributed by atoms with van der Waals surface area (Å²) >= 11 is 18.7. The quantitative estimate of drug-likeness (QED) is 0.180. The van der Waals surface area contributed by atoms with Crippen molar-refractivity contribution in [3.05, 3.63) is 75.3 Å². The Kier molecular flexibility index (Phi) is 11.6. The summed E-state index contributed by atoms with van der Waals surface area (Å²) in [6, 6.07) is 12.6. The second kappa shape index (κ2) is 14.1. The maximum atomic E-state index is 14.1. The van der Waals surface area contributed by atoms with Crippen molar-refractivity contribution < 1.29 is 14.3 Å². The molecule has 1 spiro atoms. The van der Waals surface area contributed by atoms with Crippen LogP contribution in [-0.2, 0) is 19.7 Å². The summed E-state index contributed by atoms with van der Waals surface area (Å²) in [4.78, 5) is 29.5. The van der Waals surface area contributed by atoms with Crippen molar-refractivity contribution in [1.82, 2.24) is 4.90 Å². The minimum Gasteiger partial charge on any atom is -0.385 e. The molecule has 1 fully saturated rings. The number of halogens is 3. The minimum absolute atomic E-state index is 0.0173. The Labute approximate surface area is 261 Å². The van der Waals surface area contributed by atoms with Gasteiger partial charge in [-0.1, -0.05) is 79.6 Å². The molecular formula is C32H43Cl3N2O3Si. The number of amides is 2. The summed E-state index contributed by atoms with van der Waals surface area (Å²) in [6.45, 7) is 13.6. The number of anilines is 1. The standard InChI is InChI=1S/C26H27Cl3N2O2.C6H16OSi/c1-3-16(4-2)24-26(20-10-9-19(29)14-22(20)30-25(26)33)21(17-7-5-8-18(28)13-17)15-23(32)31(24)12-6-11-27;1-6(7-2)8(3,4)5/h3,5,7-10,13-14,21,24H,4,6,11-12,15H2,1-2H3,(H,30,33);6H,1-5H3/t21-,24+,26-;/m0./s1. The molecule has 9 heteroatoms. The van der Waals surface area contributed by atoms with E-state index in [-0.39, 0.29) is 24.2 Å². The Morgan fingerprint density at radius 2 is 1.85 bits per heavy atom. The first-order valence-corrected chi connectivity index (χ1v) is 19.1. The van der Waals surface area contributed by atoms with E-state index in [1.165, 1.54) is 0 Å². The lowest BCUT2D eigenvalue weighted by Gasteiger charge is -2.52. The van der Waals surface area contributed by atoms with Gasteiger partial charge in [-0.15, -0.1) is 11.6 Å². The van der Waals surface area contributed by atoms with Gasteiger partial charge in [-0.3, -0.25) is 9.59 Å². The number of fused-ring (bicyclic) bond motifs is 2. The van der Waals surface area contributed by atoms with E-state index in [1.54, 1.807) is 19.2 Å². The molecule has 2 aliphatic heterocycles. The van der Waals surface area contributed by atoms with Crippen molar-refractivity contribution in [3.8, 4) is 0 Å². The lowest BCUT2D eigenvalue weighted by Crippen LogP contribution is -2.64. The normalized spacial score (nSPS) is 23.2. The Morgan fingerprint density at radius 3 is 2.39 bits per heavy atom. The average molecular weight is 638 g/mol. The number of nitrogens with zero attached hydrogens (tertiary/aromatic N) is 1. The number of piperidine rings is 1. The molecule has 4 rings (SSSR count). The molecule has 4 atom stereocenters. The molecular weight excluding hydrogens is 595 g/mol. The topological polar surface area (TPSA) is 58.6 Å². The van der Waals surface area contributed by atoms with Crippen molar-refractivity contribution in [1.29, 1.82) is 0 Å². The molecule has 0 radical (unpaired) electrons. The molecule has 2 aromatic carbocycles. The van der Waals surface area contributed by atoms with Gasteiger partial charge >= 0.3 is 0 Å². The molecule has 1 saturated heterocycles. The van der Waals surface area contributed by atoms with Crippen LogP contribution in [0.15, 0.2) is 54.1 Å². The van der Waals surface area contributed by atoms with E-state index in [2.05, 4.69) is 38.8 Å². The molecule has 1 unspecified atom stereocenters. The first kappa shape index (κ1) is 33.7. The van der Waals surface area contributed by atoms with Gasteiger partial charge in [-0.05, 0) is 62.1 Å². The highest BCUT2D eigenvalue weighted by atomic mass is 35.5. The Hall–Kier alpha value is -1.83. The van der Waals surface area contributed by atoms with Gasteiger partial charge < -0.3 is 15.0 Å². The zero-order valence-electron chi connectivity index (χ0n) is 25.2. The predicted octanol–water partition coefficient (Wildman–Crippen LogP) is 8.45. The fraction of sp³-hybridized carbons (Fsp3) is 0.500. The second-order valence-corrected chi connectivity index (χ2v) is 18.6. The number of carbonyl (C=O) groups is 2. The van der Waals surface area contributed by atoms with E-state index in [0.29, 0.717) is 46.7 Å². The van der Waals surface area contributed by atoms with Crippen molar-refractivity contribution in [2.45, 2.75) is 82.8 Å². The number of ether oxygens (including phenoxy) is 1. The van der Waals surface area contributed by atoms with E-state index >= 15 is 0 Å².